The lowest BCUT2D eigenvalue weighted by atomic mass is 10.1. The average molecular weight is 886 g/mol. The molecule has 0 aliphatic heterocycles. The number of aromatic amines is 1. The van der Waals surface area contributed by atoms with Gasteiger partial charge in [0.05, 0.1) is 54.9 Å². The first kappa shape index (κ1) is 45.3. The summed E-state index contributed by atoms with van der Waals surface area (Å²) in [5.74, 6) is -6.60. The number of aromatic nitrogens is 4. The number of pyridine rings is 1. The number of carboxylic acid groups (broad SMARTS) is 1. The Kier molecular flexibility index (Phi) is 14.0. The van der Waals surface area contributed by atoms with Gasteiger partial charge in [-0.05, 0) is 91.4 Å². The summed E-state index contributed by atoms with van der Waals surface area (Å²) in [5, 5.41) is 63.1. The van der Waals surface area contributed by atoms with Crippen LogP contribution in [0.5, 0.6) is 28.7 Å². The quantitative estimate of drug-likeness (QED) is 0.0596. The molecule has 21 heteroatoms. The van der Waals surface area contributed by atoms with Crippen LogP contribution in [0.2, 0.25) is 0 Å². The van der Waals surface area contributed by atoms with Gasteiger partial charge < -0.3 is 56.5 Å². The number of nitrogens with one attached hydrogen (secondary N) is 6. The Morgan fingerprint density at radius 2 is 1.31 bits per heavy atom. The highest BCUT2D eigenvalue weighted by Crippen LogP contribution is 2.40. The molecule has 65 heavy (non-hydrogen) atoms. The standard InChI is InChI=1S/C44H39N9O12/c1-22(18-23-4-11-28(54)12-5-23)39(57)48-26-10-15-33(45-20-26)42(60)51-34(19-27-21-46-53-52-27)43(61)47-25-8-6-24(7-9-25)40(58)49-31-16-13-29(35(55)37(31)64-2)41(59)50-32-17-14-30(44(62)63)36(56)38(32)65-3/h4-18,20-21,34,54-56H,19H2,1-3H3,(H,47,61)(H,48,57)(H,49,58)(H,50,59)(H,51,60)(H,62,63)(H,46,52,53)/b22-18+. The Morgan fingerprint density at radius 1 is 0.692 bits per heavy atom. The molecule has 2 heterocycles. The summed E-state index contributed by atoms with van der Waals surface area (Å²) in [6.07, 6.45) is 4.27. The van der Waals surface area contributed by atoms with Gasteiger partial charge in [-0.15, -0.1) is 5.10 Å². The Balaban J connectivity index is 1.08. The van der Waals surface area contributed by atoms with Gasteiger partial charge in [-0.3, -0.25) is 29.1 Å². The van der Waals surface area contributed by atoms with Crippen LogP contribution in [0.1, 0.15) is 59.7 Å². The molecule has 6 aromatic rings. The number of rotatable bonds is 16. The molecule has 0 radical (unpaired) electrons. The number of phenolic OH excluding ortho intramolecular Hbond substituents is 2. The van der Waals surface area contributed by atoms with Crippen molar-refractivity contribution in [1.29, 1.82) is 0 Å². The largest absolute Gasteiger partial charge is 0.508 e. The van der Waals surface area contributed by atoms with Crippen molar-refractivity contribution >= 4 is 64.3 Å². The molecule has 0 bridgehead atoms. The number of aromatic hydroxyl groups is 3. The number of nitrogens with zero attached hydrogens (tertiary/aromatic N) is 3. The minimum Gasteiger partial charge on any atom is -0.508 e. The van der Waals surface area contributed by atoms with Crippen molar-refractivity contribution in [3.63, 3.8) is 0 Å². The second-order valence-corrected chi connectivity index (χ2v) is 13.9. The molecular weight excluding hydrogens is 847 g/mol. The summed E-state index contributed by atoms with van der Waals surface area (Å²) < 4.78 is 10.4. The zero-order chi connectivity index (χ0) is 46.8. The van der Waals surface area contributed by atoms with Crippen molar-refractivity contribution in [2.45, 2.75) is 19.4 Å². The third kappa shape index (κ3) is 11.0. The van der Waals surface area contributed by atoms with Crippen molar-refractivity contribution < 1.29 is 58.7 Å². The minimum absolute atomic E-state index is 0.0139. The summed E-state index contributed by atoms with van der Waals surface area (Å²) in [7, 11) is 2.36. The summed E-state index contributed by atoms with van der Waals surface area (Å²) >= 11 is 0. The topological polar surface area (TPSA) is 316 Å². The first-order valence-electron chi connectivity index (χ1n) is 19.1. The molecule has 21 nitrogen and oxygen atoms in total. The van der Waals surface area contributed by atoms with E-state index in [4.69, 9.17) is 9.47 Å². The van der Waals surface area contributed by atoms with Crippen LogP contribution in [0.3, 0.4) is 0 Å². The number of carbonyl (C=O) groups is 6. The van der Waals surface area contributed by atoms with Crippen molar-refractivity contribution in [1.82, 2.24) is 25.7 Å². The molecule has 0 saturated heterocycles. The highest BCUT2D eigenvalue weighted by Gasteiger charge is 2.26. The first-order valence-corrected chi connectivity index (χ1v) is 19.1. The van der Waals surface area contributed by atoms with E-state index in [1.807, 2.05) is 0 Å². The monoisotopic (exact) mass is 885 g/mol. The lowest BCUT2D eigenvalue weighted by molar-refractivity contribution is -0.118. The van der Waals surface area contributed by atoms with Gasteiger partial charge in [0.25, 0.3) is 23.6 Å². The van der Waals surface area contributed by atoms with E-state index >= 15 is 0 Å². The van der Waals surface area contributed by atoms with Gasteiger partial charge in [0.2, 0.25) is 5.91 Å². The van der Waals surface area contributed by atoms with Crippen LogP contribution in [0, 0.1) is 0 Å². The maximum atomic E-state index is 13.6. The van der Waals surface area contributed by atoms with Gasteiger partial charge in [-0.2, -0.15) is 0 Å². The van der Waals surface area contributed by atoms with Crippen molar-refractivity contribution in [3.05, 3.63) is 137 Å². The molecule has 332 valence electrons. The van der Waals surface area contributed by atoms with Gasteiger partial charge in [-0.1, -0.05) is 17.3 Å². The Morgan fingerprint density at radius 3 is 1.89 bits per heavy atom. The predicted octanol–water partition coefficient (Wildman–Crippen LogP) is 4.56. The van der Waals surface area contributed by atoms with E-state index in [0.29, 0.717) is 22.5 Å². The van der Waals surface area contributed by atoms with E-state index in [-0.39, 0.29) is 57.6 Å². The molecule has 1 unspecified atom stereocenters. The molecule has 0 aliphatic rings. The summed E-state index contributed by atoms with van der Waals surface area (Å²) in [4.78, 5) is 81.6. The van der Waals surface area contributed by atoms with Crippen molar-refractivity contribution in [2.24, 2.45) is 0 Å². The number of aromatic carboxylic acids is 1. The summed E-state index contributed by atoms with van der Waals surface area (Å²) in [5.41, 5.74) is 1.28. The number of ether oxygens (including phenoxy) is 2. The van der Waals surface area contributed by atoms with Gasteiger partial charge in [0.15, 0.2) is 23.0 Å². The highest BCUT2D eigenvalue weighted by molar-refractivity contribution is 6.11. The third-order valence-electron chi connectivity index (χ3n) is 9.46. The molecular formula is C44H39N9O12. The van der Waals surface area contributed by atoms with Crippen LogP contribution in [-0.2, 0) is 16.0 Å². The number of anilines is 4. The van der Waals surface area contributed by atoms with E-state index in [2.05, 4.69) is 47.0 Å². The molecule has 4 aromatic carbocycles. The number of H-pyrrole nitrogens is 1. The van der Waals surface area contributed by atoms with E-state index in [9.17, 15) is 49.2 Å². The zero-order valence-corrected chi connectivity index (χ0v) is 34.5. The normalized spacial score (nSPS) is 11.4. The number of carbonyl (C=O) groups excluding carboxylic acids is 5. The van der Waals surface area contributed by atoms with Gasteiger partial charge >= 0.3 is 5.97 Å². The molecule has 5 amide bonds. The van der Waals surface area contributed by atoms with Crippen LogP contribution in [0.25, 0.3) is 6.08 Å². The Hall–Kier alpha value is -9.27. The lowest BCUT2D eigenvalue weighted by Crippen LogP contribution is -2.45. The van der Waals surface area contributed by atoms with E-state index < -0.39 is 58.6 Å². The highest BCUT2D eigenvalue weighted by atomic mass is 16.5. The van der Waals surface area contributed by atoms with Crippen LogP contribution in [0.15, 0.2) is 103 Å². The molecule has 6 rings (SSSR count). The second kappa shape index (κ2) is 20.1. The van der Waals surface area contributed by atoms with Crippen molar-refractivity contribution in [2.75, 3.05) is 35.5 Å². The smallest absolute Gasteiger partial charge is 0.339 e. The molecule has 2 aromatic heterocycles. The number of carboxylic acids is 1. The van der Waals surface area contributed by atoms with Gasteiger partial charge in [0, 0.05) is 23.2 Å². The zero-order valence-electron chi connectivity index (χ0n) is 34.5. The van der Waals surface area contributed by atoms with E-state index in [1.165, 1.54) is 86.2 Å². The van der Waals surface area contributed by atoms with Crippen LogP contribution in [0.4, 0.5) is 22.7 Å². The van der Waals surface area contributed by atoms with E-state index in [0.717, 1.165) is 13.2 Å². The number of methoxy groups -OCH3 is 2. The van der Waals surface area contributed by atoms with Crippen LogP contribution >= 0.6 is 0 Å². The fraction of sp³-hybridized carbons (Fsp3) is 0.114. The molecule has 0 fully saturated rings. The first-order chi connectivity index (χ1) is 31.1. The minimum atomic E-state index is -1.43. The predicted molar refractivity (Wildman–Crippen MR) is 233 cm³/mol. The summed E-state index contributed by atoms with van der Waals surface area (Å²) in [6.45, 7) is 1.62. The lowest BCUT2D eigenvalue weighted by Gasteiger charge is -2.18. The average Bonchev–Trinajstić information content (AvgIpc) is 3.80. The number of hydrogen-bond donors (Lipinski definition) is 10. The van der Waals surface area contributed by atoms with Gasteiger partial charge in [-0.25, -0.2) is 9.78 Å². The Bertz CT molecular complexity index is 2790. The van der Waals surface area contributed by atoms with Crippen LogP contribution < -0.4 is 36.1 Å². The fourth-order valence-corrected chi connectivity index (χ4v) is 6.12. The molecule has 10 N–H and O–H groups in total. The van der Waals surface area contributed by atoms with Gasteiger partial charge in [0.1, 0.15) is 23.0 Å². The SMILES string of the molecule is COc1c(NC(=O)c2ccc(NC(=O)c3ccc(NC(=O)C(Cc4cnn[nH]4)NC(=O)c4ccc(NC(=O)/C(C)=C/c5ccc(O)cc5)cn4)cc3)c(OC)c2O)ccc(C(=O)O)c1O. The summed E-state index contributed by atoms with van der Waals surface area (Å²) in [6, 6.07) is 18.4. The third-order valence-corrected chi connectivity index (χ3v) is 9.46. The number of hydrogen-bond acceptors (Lipinski definition) is 14. The van der Waals surface area contributed by atoms with Crippen LogP contribution in [-0.4, -0.2) is 96.6 Å². The maximum Gasteiger partial charge on any atom is 0.339 e. The molecule has 0 aliphatic carbocycles. The maximum absolute atomic E-state index is 13.6. The Labute approximate surface area is 368 Å². The van der Waals surface area contributed by atoms with E-state index in [1.54, 1.807) is 25.1 Å². The number of amides is 5. The second-order valence-electron chi connectivity index (χ2n) is 13.9. The fourth-order valence-electron chi connectivity index (χ4n) is 6.12. The molecule has 0 spiro atoms. The number of phenols is 3. The van der Waals surface area contributed by atoms with Crippen molar-refractivity contribution in [3.8, 4) is 28.7 Å². The molecule has 1 atom stereocenters. The number of benzene rings is 4. The molecule has 0 saturated carbocycles.